The van der Waals surface area contributed by atoms with Crippen LogP contribution >= 0.6 is 22.9 Å². The van der Waals surface area contributed by atoms with Gasteiger partial charge >= 0.3 is 6.09 Å². The number of carbonyl (C=O) groups excluding carboxylic acids is 1. The second-order valence-electron chi connectivity index (χ2n) is 6.53. The zero-order chi connectivity index (χ0) is 16.3. The van der Waals surface area contributed by atoms with Crippen LogP contribution in [0.25, 0.3) is 0 Å². The third-order valence-electron chi connectivity index (χ3n) is 3.65. The van der Waals surface area contributed by atoms with E-state index < -0.39 is 5.60 Å². The summed E-state index contributed by atoms with van der Waals surface area (Å²) >= 11 is 7.75. The molecule has 22 heavy (non-hydrogen) atoms. The Morgan fingerprint density at radius 2 is 2.27 bits per heavy atom. The molecule has 1 atom stereocenters. The Hall–Kier alpha value is -0.780. The van der Waals surface area contributed by atoms with Crippen molar-refractivity contribution < 1.29 is 9.53 Å². The fourth-order valence-electron chi connectivity index (χ4n) is 2.62. The molecule has 0 aromatic carbocycles. The van der Waals surface area contributed by atoms with Gasteiger partial charge in [-0.25, -0.2) is 4.79 Å². The zero-order valence-electron chi connectivity index (χ0n) is 13.7. The van der Waals surface area contributed by atoms with Crippen molar-refractivity contribution in [3.8, 4) is 0 Å². The molecule has 0 saturated carbocycles. The molecule has 2 rings (SSSR count). The highest BCUT2D eigenvalue weighted by atomic mass is 35.5. The minimum absolute atomic E-state index is 0.248. The zero-order valence-corrected chi connectivity index (χ0v) is 15.3. The van der Waals surface area contributed by atoms with Crippen molar-refractivity contribution in [2.24, 2.45) is 0 Å². The topological polar surface area (TPSA) is 41.6 Å². The molecule has 124 valence electrons. The first-order chi connectivity index (χ1) is 10.3. The lowest BCUT2D eigenvalue weighted by atomic mass is 10.2. The van der Waals surface area contributed by atoms with Crippen molar-refractivity contribution in [3.05, 3.63) is 20.8 Å². The first-order valence-electron chi connectivity index (χ1n) is 7.79. The molecular formula is C16H25ClN2O2S. The fraction of sp³-hybridized carbons (Fsp3) is 0.688. The number of ether oxygens (including phenoxy) is 1. The molecule has 0 radical (unpaired) electrons. The molecule has 1 N–H and O–H groups in total. The van der Waals surface area contributed by atoms with Gasteiger partial charge in [-0.1, -0.05) is 11.6 Å². The third-order valence-corrected chi connectivity index (χ3v) is 4.99. The number of likely N-dealkylation sites (N-methyl/N-ethyl adjacent to an activating group) is 1. The van der Waals surface area contributed by atoms with E-state index in [-0.39, 0.29) is 6.09 Å². The third kappa shape index (κ3) is 4.61. The maximum absolute atomic E-state index is 12.1. The van der Waals surface area contributed by atoms with Crippen molar-refractivity contribution in [1.82, 2.24) is 10.2 Å². The van der Waals surface area contributed by atoms with E-state index in [2.05, 4.69) is 11.4 Å². The summed E-state index contributed by atoms with van der Waals surface area (Å²) in [6.07, 6.45) is 1.95. The molecule has 1 aliphatic rings. The maximum atomic E-state index is 12.1. The minimum atomic E-state index is -0.453. The van der Waals surface area contributed by atoms with Crippen LogP contribution in [0.1, 0.15) is 50.6 Å². The standard InChI is InChI=1S/C16H25ClN2O2S/c1-5-19(15(20)21-16(2,3)4)9-8-18-12-6-7-13-11(12)10-14(17)22-13/h10,12,18H,5-9H2,1-4H3. The number of hydrogen-bond donors (Lipinski definition) is 1. The molecule has 0 fully saturated rings. The molecular weight excluding hydrogens is 320 g/mol. The molecule has 0 aliphatic heterocycles. The first kappa shape index (κ1) is 17.6. The molecule has 0 spiro atoms. The molecule has 1 unspecified atom stereocenters. The monoisotopic (exact) mass is 344 g/mol. The predicted octanol–water partition coefficient (Wildman–Crippen LogP) is 4.24. The van der Waals surface area contributed by atoms with E-state index in [1.54, 1.807) is 16.2 Å². The summed E-state index contributed by atoms with van der Waals surface area (Å²) in [7, 11) is 0. The van der Waals surface area contributed by atoms with Gasteiger partial charge in [0.05, 0.1) is 4.34 Å². The van der Waals surface area contributed by atoms with Crippen molar-refractivity contribution in [3.63, 3.8) is 0 Å². The van der Waals surface area contributed by atoms with Crippen molar-refractivity contribution in [2.45, 2.75) is 52.2 Å². The SMILES string of the molecule is CCN(CCNC1CCc2sc(Cl)cc21)C(=O)OC(C)(C)C. The molecule has 1 aromatic heterocycles. The number of aryl methyl sites for hydroxylation is 1. The molecule has 1 aliphatic carbocycles. The van der Waals surface area contributed by atoms with Crippen LogP contribution in [0.4, 0.5) is 4.79 Å². The summed E-state index contributed by atoms with van der Waals surface area (Å²) < 4.78 is 6.28. The Labute approximate surface area is 141 Å². The largest absolute Gasteiger partial charge is 0.444 e. The number of nitrogens with zero attached hydrogens (tertiary/aromatic N) is 1. The lowest BCUT2D eigenvalue weighted by Gasteiger charge is -2.27. The van der Waals surface area contributed by atoms with Crippen LogP contribution in [0, 0.1) is 0 Å². The number of thiophene rings is 1. The van der Waals surface area contributed by atoms with Gasteiger partial charge in [-0.2, -0.15) is 0 Å². The molecule has 0 bridgehead atoms. The number of fused-ring (bicyclic) bond motifs is 1. The Kier molecular flexibility index (Phi) is 5.75. The number of nitrogens with one attached hydrogen (secondary N) is 1. The van der Waals surface area contributed by atoms with Gasteiger partial charge in [0.1, 0.15) is 5.60 Å². The van der Waals surface area contributed by atoms with Gasteiger partial charge in [-0.15, -0.1) is 11.3 Å². The number of amides is 1. The summed E-state index contributed by atoms with van der Waals surface area (Å²) in [5.74, 6) is 0. The maximum Gasteiger partial charge on any atom is 0.410 e. The van der Waals surface area contributed by atoms with E-state index in [1.165, 1.54) is 10.4 Å². The molecule has 1 heterocycles. The van der Waals surface area contributed by atoms with Crippen LogP contribution in [0.2, 0.25) is 4.34 Å². The van der Waals surface area contributed by atoms with Crippen LogP contribution < -0.4 is 5.32 Å². The summed E-state index contributed by atoms with van der Waals surface area (Å²) in [6, 6.07) is 2.42. The summed E-state index contributed by atoms with van der Waals surface area (Å²) in [4.78, 5) is 15.2. The van der Waals surface area contributed by atoms with E-state index in [0.29, 0.717) is 19.1 Å². The lowest BCUT2D eigenvalue weighted by Crippen LogP contribution is -2.40. The van der Waals surface area contributed by atoms with Crippen LogP contribution in [-0.2, 0) is 11.2 Å². The van der Waals surface area contributed by atoms with Gasteiger partial charge < -0.3 is 15.0 Å². The molecule has 1 amide bonds. The van der Waals surface area contributed by atoms with Crippen molar-refractivity contribution >= 4 is 29.0 Å². The molecule has 1 aromatic rings. The van der Waals surface area contributed by atoms with Gasteiger partial charge in [0.15, 0.2) is 0 Å². The van der Waals surface area contributed by atoms with Crippen LogP contribution in [-0.4, -0.2) is 36.2 Å². The lowest BCUT2D eigenvalue weighted by molar-refractivity contribution is 0.0261. The van der Waals surface area contributed by atoms with E-state index >= 15 is 0 Å². The van der Waals surface area contributed by atoms with Gasteiger partial charge in [0.25, 0.3) is 0 Å². The average molecular weight is 345 g/mol. The van der Waals surface area contributed by atoms with Gasteiger partial charge in [0, 0.05) is 30.6 Å². The second-order valence-corrected chi connectivity index (χ2v) is 8.30. The number of rotatable bonds is 5. The molecule has 6 heteroatoms. The highest BCUT2D eigenvalue weighted by Crippen LogP contribution is 2.39. The van der Waals surface area contributed by atoms with Crippen LogP contribution in [0.5, 0.6) is 0 Å². The average Bonchev–Trinajstić information content (AvgIpc) is 2.92. The van der Waals surface area contributed by atoms with Crippen LogP contribution in [0.15, 0.2) is 6.07 Å². The Bertz CT molecular complexity index is 525. The summed E-state index contributed by atoms with van der Waals surface area (Å²) in [6.45, 7) is 9.68. The number of halogens is 1. The van der Waals surface area contributed by atoms with Gasteiger partial charge in [-0.05, 0) is 52.2 Å². The Balaban J connectivity index is 1.81. The summed E-state index contributed by atoms with van der Waals surface area (Å²) in [5.41, 5.74) is 0.876. The molecule has 0 saturated heterocycles. The fourth-order valence-corrected chi connectivity index (χ4v) is 3.98. The second kappa shape index (κ2) is 7.20. The Morgan fingerprint density at radius 1 is 1.55 bits per heavy atom. The van der Waals surface area contributed by atoms with Crippen molar-refractivity contribution in [2.75, 3.05) is 19.6 Å². The Morgan fingerprint density at radius 3 is 2.91 bits per heavy atom. The predicted molar refractivity (Wildman–Crippen MR) is 91.9 cm³/mol. The van der Waals surface area contributed by atoms with E-state index in [1.807, 2.05) is 27.7 Å². The minimum Gasteiger partial charge on any atom is -0.444 e. The first-order valence-corrected chi connectivity index (χ1v) is 8.99. The quantitative estimate of drug-likeness (QED) is 0.868. The van der Waals surface area contributed by atoms with E-state index in [0.717, 1.165) is 23.7 Å². The normalized spacial score (nSPS) is 17.4. The van der Waals surface area contributed by atoms with Crippen LogP contribution in [0.3, 0.4) is 0 Å². The van der Waals surface area contributed by atoms with E-state index in [4.69, 9.17) is 16.3 Å². The van der Waals surface area contributed by atoms with E-state index in [9.17, 15) is 4.79 Å². The highest BCUT2D eigenvalue weighted by Gasteiger charge is 2.25. The smallest absolute Gasteiger partial charge is 0.410 e. The highest BCUT2D eigenvalue weighted by molar-refractivity contribution is 7.16. The number of hydrogen-bond acceptors (Lipinski definition) is 4. The van der Waals surface area contributed by atoms with Gasteiger partial charge in [-0.3, -0.25) is 0 Å². The number of carbonyl (C=O) groups is 1. The summed E-state index contributed by atoms with van der Waals surface area (Å²) in [5, 5.41) is 3.53. The van der Waals surface area contributed by atoms with Gasteiger partial charge in [0.2, 0.25) is 0 Å². The molecule has 4 nitrogen and oxygen atoms in total. The van der Waals surface area contributed by atoms with Crippen molar-refractivity contribution in [1.29, 1.82) is 0 Å².